The molecule has 2 amide bonds. The summed E-state index contributed by atoms with van der Waals surface area (Å²) in [4.78, 5) is 29.8. The number of carbonyl (C=O) groups excluding carboxylic acids is 2. The van der Waals surface area contributed by atoms with Gasteiger partial charge in [-0.25, -0.2) is 0 Å². The predicted molar refractivity (Wildman–Crippen MR) is 134 cm³/mol. The second kappa shape index (κ2) is 11.1. The molecule has 0 bridgehead atoms. The van der Waals surface area contributed by atoms with E-state index in [4.69, 9.17) is 25.8 Å². The molecule has 1 saturated heterocycles. The first-order valence-corrected chi connectivity index (χ1v) is 11.7. The summed E-state index contributed by atoms with van der Waals surface area (Å²) in [7, 11) is 3.09. The van der Waals surface area contributed by atoms with Crippen LogP contribution in [-0.4, -0.2) is 62.0 Å². The predicted octanol–water partition coefficient (Wildman–Crippen LogP) is 4.53. The number of methoxy groups -OCH3 is 2. The molecule has 1 heterocycles. The van der Waals surface area contributed by atoms with Crippen LogP contribution in [0.2, 0.25) is 5.02 Å². The van der Waals surface area contributed by atoms with Gasteiger partial charge in [0.25, 0.3) is 11.8 Å². The van der Waals surface area contributed by atoms with E-state index in [2.05, 4.69) is 0 Å². The number of piperazine rings is 1. The fourth-order valence-corrected chi connectivity index (χ4v) is 4.17. The lowest BCUT2D eigenvalue weighted by atomic mass is 10.1. The van der Waals surface area contributed by atoms with Crippen molar-refractivity contribution in [2.75, 3.05) is 40.4 Å². The number of amides is 2. The normalized spacial score (nSPS) is 13.3. The summed E-state index contributed by atoms with van der Waals surface area (Å²) in [5.41, 5.74) is 1.85. The molecular weight excluding hydrogens is 468 g/mol. The van der Waals surface area contributed by atoms with E-state index in [1.807, 2.05) is 30.3 Å². The van der Waals surface area contributed by atoms with Gasteiger partial charge in [0.05, 0.1) is 19.8 Å². The number of halogens is 1. The van der Waals surface area contributed by atoms with Crippen LogP contribution in [0.1, 0.15) is 26.3 Å². The third-order valence-electron chi connectivity index (χ3n) is 5.94. The molecule has 0 spiro atoms. The number of benzene rings is 3. The van der Waals surface area contributed by atoms with E-state index in [1.165, 1.54) is 7.11 Å². The van der Waals surface area contributed by atoms with Crippen molar-refractivity contribution in [3.8, 4) is 17.2 Å². The fraction of sp³-hybridized carbons (Fsp3) is 0.259. The maximum atomic E-state index is 13.3. The van der Waals surface area contributed by atoms with Gasteiger partial charge in [-0.3, -0.25) is 9.59 Å². The number of para-hydroxylation sites is 1. The Kier molecular flexibility index (Phi) is 7.77. The van der Waals surface area contributed by atoms with Crippen LogP contribution in [0.4, 0.5) is 0 Å². The van der Waals surface area contributed by atoms with Crippen molar-refractivity contribution >= 4 is 23.4 Å². The van der Waals surface area contributed by atoms with Crippen molar-refractivity contribution in [1.29, 1.82) is 0 Å². The van der Waals surface area contributed by atoms with Crippen molar-refractivity contribution in [2.24, 2.45) is 0 Å². The number of hydrogen-bond acceptors (Lipinski definition) is 5. The van der Waals surface area contributed by atoms with Gasteiger partial charge in [-0.2, -0.15) is 0 Å². The van der Waals surface area contributed by atoms with Gasteiger partial charge in [-0.1, -0.05) is 41.9 Å². The molecular formula is C27H27ClN2O5. The Morgan fingerprint density at radius 3 is 2.09 bits per heavy atom. The molecule has 0 N–H and O–H groups in total. The number of hydrogen-bond donors (Lipinski definition) is 0. The topological polar surface area (TPSA) is 68.3 Å². The van der Waals surface area contributed by atoms with E-state index in [9.17, 15) is 9.59 Å². The van der Waals surface area contributed by atoms with Crippen molar-refractivity contribution in [2.45, 2.75) is 6.61 Å². The summed E-state index contributed by atoms with van der Waals surface area (Å²) in [5.74, 6) is 1.33. The Morgan fingerprint density at radius 1 is 0.771 bits per heavy atom. The van der Waals surface area contributed by atoms with Gasteiger partial charge >= 0.3 is 0 Å². The van der Waals surface area contributed by atoms with E-state index in [1.54, 1.807) is 53.3 Å². The minimum Gasteiger partial charge on any atom is -0.493 e. The summed E-state index contributed by atoms with van der Waals surface area (Å²) >= 11 is 6.23. The highest BCUT2D eigenvalue weighted by molar-refractivity contribution is 6.31. The molecule has 3 aromatic carbocycles. The second-order valence-corrected chi connectivity index (χ2v) is 8.44. The molecule has 7 nitrogen and oxygen atoms in total. The minimum absolute atomic E-state index is 0.110. The lowest BCUT2D eigenvalue weighted by molar-refractivity contribution is 0.0532. The average molecular weight is 495 g/mol. The van der Waals surface area contributed by atoms with Crippen LogP contribution in [0.15, 0.2) is 66.7 Å². The molecule has 4 rings (SSSR count). The van der Waals surface area contributed by atoms with Crippen molar-refractivity contribution in [1.82, 2.24) is 9.80 Å². The van der Waals surface area contributed by atoms with Crippen LogP contribution in [-0.2, 0) is 6.61 Å². The maximum absolute atomic E-state index is 13.3. The van der Waals surface area contributed by atoms with Crippen molar-refractivity contribution in [3.05, 3.63) is 88.4 Å². The van der Waals surface area contributed by atoms with Gasteiger partial charge in [-0.05, 0) is 36.4 Å². The number of rotatable bonds is 7. The lowest BCUT2D eigenvalue weighted by Crippen LogP contribution is -2.50. The Labute approximate surface area is 209 Å². The summed E-state index contributed by atoms with van der Waals surface area (Å²) in [5, 5.41) is 0.617. The van der Waals surface area contributed by atoms with Gasteiger partial charge in [0.15, 0.2) is 11.5 Å². The van der Waals surface area contributed by atoms with Crippen LogP contribution >= 0.6 is 11.6 Å². The molecule has 0 saturated carbocycles. The monoisotopic (exact) mass is 494 g/mol. The molecule has 35 heavy (non-hydrogen) atoms. The fourth-order valence-electron chi connectivity index (χ4n) is 3.97. The Morgan fingerprint density at radius 2 is 1.40 bits per heavy atom. The molecule has 0 aliphatic carbocycles. The van der Waals surface area contributed by atoms with Gasteiger partial charge in [0, 0.05) is 42.3 Å². The molecule has 0 unspecified atom stereocenters. The zero-order chi connectivity index (χ0) is 24.8. The quantitative estimate of drug-likeness (QED) is 0.482. The molecule has 1 aliphatic rings. The highest BCUT2D eigenvalue weighted by Crippen LogP contribution is 2.28. The van der Waals surface area contributed by atoms with Crippen LogP contribution in [0.5, 0.6) is 17.2 Å². The van der Waals surface area contributed by atoms with E-state index in [0.717, 1.165) is 5.56 Å². The van der Waals surface area contributed by atoms with Crippen LogP contribution in [0.3, 0.4) is 0 Å². The highest BCUT2D eigenvalue weighted by atomic mass is 35.5. The summed E-state index contributed by atoms with van der Waals surface area (Å²) in [6.07, 6.45) is 0. The summed E-state index contributed by atoms with van der Waals surface area (Å²) in [6, 6.07) is 19.7. The Bertz CT molecular complexity index is 1210. The molecule has 1 aliphatic heterocycles. The number of carbonyl (C=O) groups is 2. The minimum atomic E-state index is -0.127. The third-order valence-corrected chi connectivity index (χ3v) is 6.31. The average Bonchev–Trinajstić information content (AvgIpc) is 2.91. The van der Waals surface area contributed by atoms with Crippen molar-refractivity contribution < 1.29 is 23.8 Å². The second-order valence-electron chi connectivity index (χ2n) is 8.03. The van der Waals surface area contributed by atoms with E-state index in [-0.39, 0.29) is 18.4 Å². The van der Waals surface area contributed by atoms with Gasteiger partial charge in [-0.15, -0.1) is 0 Å². The van der Waals surface area contributed by atoms with Crippen LogP contribution < -0.4 is 14.2 Å². The van der Waals surface area contributed by atoms with Crippen LogP contribution in [0, 0.1) is 0 Å². The number of nitrogens with zero attached hydrogens (tertiary/aromatic N) is 2. The van der Waals surface area contributed by atoms with E-state index >= 15 is 0 Å². The number of ether oxygens (including phenoxy) is 3. The molecule has 3 aromatic rings. The molecule has 0 aromatic heterocycles. The third kappa shape index (κ3) is 5.52. The first kappa shape index (κ1) is 24.4. The van der Waals surface area contributed by atoms with Gasteiger partial charge in [0.2, 0.25) is 0 Å². The summed E-state index contributed by atoms with van der Waals surface area (Å²) in [6.45, 7) is 1.98. The first-order valence-electron chi connectivity index (χ1n) is 11.3. The van der Waals surface area contributed by atoms with Gasteiger partial charge in [0.1, 0.15) is 12.4 Å². The Hall–Kier alpha value is -3.71. The molecule has 0 radical (unpaired) electrons. The SMILES string of the molecule is COc1ccc(C(=O)N2CCN(C(=O)c3ccccc3OCc3ccccc3Cl)CC2)cc1OC. The lowest BCUT2D eigenvalue weighted by Gasteiger charge is -2.35. The van der Waals surface area contributed by atoms with Crippen LogP contribution in [0.25, 0.3) is 0 Å². The maximum Gasteiger partial charge on any atom is 0.257 e. The largest absolute Gasteiger partial charge is 0.493 e. The van der Waals surface area contributed by atoms with Gasteiger partial charge < -0.3 is 24.0 Å². The standard InChI is InChI=1S/C27H27ClN2O5/c1-33-24-12-11-19(17-25(24)34-2)26(31)29-13-15-30(16-14-29)27(32)21-8-4-6-10-23(21)35-18-20-7-3-5-9-22(20)28/h3-12,17H,13-16,18H2,1-2H3. The zero-order valence-corrected chi connectivity index (χ0v) is 20.5. The van der Waals surface area contributed by atoms with Crippen molar-refractivity contribution in [3.63, 3.8) is 0 Å². The molecule has 1 fully saturated rings. The summed E-state index contributed by atoms with van der Waals surface area (Å²) < 4.78 is 16.5. The zero-order valence-electron chi connectivity index (χ0n) is 19.7. The molecule has 182 valence electrons. The molecule has 8 heteroatoms. The van der Waals surface area contributed by atoms with E-state index < -0.39 is 0 Å². The first-order chi connectivity index (χ1) is 17.0. The molecule has 0 atom stereocenters. The smallest absolute Gasteiger partial charge is 0.257 e. The van der Waals surface area contributed by atoms with E-state index in [0.29, 0.717) is 59.6 Å². The Balaban J connectivity index is 1.40. The highest BCUT2D eigenvalue weighted by Gasteiger charge is 2.27.